The topological polar surface area (TPSA) is 38.8 Å². The summed E-state index contributed by atoms with van der Waals surface area (Å²) in [6, 6.07) is 10.3. The Hall–Kier alpha value is -1.65. The van der Waals surface area contributed by atoms with E-state index in [-0.39, 0.29) is 11.3 Å². The van der Waals surface area contributed by atoms with Crippen molar-refractivity contribution in [1.82, 2.24) is 4.90 Å². The van der Waals surface area contributed by atoms with Crippen molar-refractivity contribution in [1.29, 1.82) is 0 Å². The van der Waals surface area contributed by atoms with E-state index in [0.717, 1.165) is 24.9 Å². The van der Waals surface area contributed by atoms with E-state index in [1.54, 1.807) is 0 Å². The highest BCUT2D eigenvalue weighted by Crippen LogP contribution is 2.60. The number of hydrogen-bond donors (Lipinski definition) is 0. The molecule has 1 aliphatic carbocycles. The molecule has 0 aromatic heterocycles. The lowest BCUT2D eigenvalue weighted by atomic mass is 9.53. The van der Waals surface area contributed by atoms with Gasteiger partial charge in [0.05, 0.1) is 18.6 Å². The molecule has 3 aliphatic rings. The average molecular weight is 370 g/mol. The summed E-state index contributed by atoms with van der Waals surface area (Å²) in [7, 11) is 0. The summed E-state index contributed by atoms with van der Waals surface area (Å²) < 4.78 is 12.3. The first-order chi connectivity index (χ1) is 12.8. The summed E-state index contributed by atoms with van der Waals surface area (Å²) in [5.74, 6) is 0.0689. The van der Waals surface area contributed by atoms with Gasteiger partial charge in [-0.2, -0.15) is 0 Å². The minimum atomic E-state index is -0.613. The van der Waals surface area contributed by atoms with Gasteiger partial charge in [0.2, 0.25) is 5.91 Å². The lowest BCUT2D eigenvalue weighted by molar-refractivity contribution is -0.236. The Morgan fingerprint density at radius 1 is 1.07 bits per heavy atom. The second-order valence-electron chi connectivity index (χ2n) is 9.07. The van der Waals surface area contributed by atoms with Crippen LogP contribution in [-0.2, 0) is 19.7 Å². The maximum atomic E-state index is 13.9. The first kappa shape index (κ1) is 18.7. The van der Waals surface area contributed by atoms with E-state index in [1.807, 2.05) is 23.1 Å². The van der Waals surface area contributed by atoms with Crippen molar-refractivity contribution in [3.63, 3.8) is 0 Å². The number of benzene rings is 1. The van der Waals surface area contributed by atoms with Crippen molar-refractivity contribution in [3.05, 3.63) is 47.5 Å². The zero-order chi connectivity index (χ0) is 19.3. The van der Waals surface area contributed by atoms with Gasteiger partial charge in [-0.1, -0.05) is 64.1 Å². The van der Waals surface area contributed by atoms with E-state index >= 15 is 0 Å². The SMILES string of the molecule is CC(C)CN1CC=C2C(c3ccccc3)(CCC3(OCCO3)C2(C)C)C1=O. The molecule has 1 aromatic carbocycles. The molecular formula is C23H31NO3. The van der Waals surface area contributed by atoms with Gasteiger partial charge in [-0.05, 0) is 23.5 Å². The molecule has 1 atom stereocenters. The van der Waals surface area contributed by atoms with Crippen LogP contribution in [0.5, 0.6) is 0 Å². The Morgan fingerprint density at radius 3 is 2.37 bits per heavy atom. The molecule has 1 amide bonds. The summed E-state index contributed by atoms with van der Waals surface area (Å²) in [6.45, 7) is 11.4. The van der Waals surface area contributed by atoms with Crippen molar-refractivity contribution in [2.24, 2.45) is 11.3 Å². The smallest absolute Gasteiger partial charge is 0.237 e. The number of rotatable bonds is 3. The Labute approximate surface area is 162 Å². The maximum Gasteiger partial charge on any atom is 0.237 e. The Bertz CT molecular complexity index is 746. The van der Waals surface area contributed by atoms with Gasteiger partial charge < -0.3 is 14.4 Å². The first-order valence-corrected chi connectivity index (χ1v) is 10.2. The predicted molar refractivity (Wildman–Crippen MR) is 105 cm³/mol. The average Bonchev–Trinajstić information content (AvgIpc) is 3.12. The number of nitrogens with zero attached hydrogens (tertiary/aromatic N) is 1. The monoisotopic (exact) mass is 369 g/mol. The van der Waals surface area contributed by atoms with Crippen molar-refractivity contribution in [3.8, 4) is 0 Å². The molecule has 1 saturated carbocycles. The van der Waals surface area contributed by atoms with Crippen molar-refractivity contribution in [2.75, 3.05) is 26.3 Å². The van der Waals surface area contributed by atoms with Gasteiger partial charge in [-0.3, -0.25) is 4.79 Å². The van der Waals surface area contributed by atoms with Crippen LogP contribution in [0.1, 0.15) is 46.1 Å². The zero-order valence-electron chi connectivity index (χ0n) is 17.0. The number of ether oxygens (including phenoxy) is 2. The molecule has 2 aliphatic heterocycles. The van der Waals surface area contributed by atoms with Crippen LogP contribution in [0.2, 0.25) is 0 Å². The van der Waals surface area contributed by atoms with E-state index in [0.29, 0.717) is 25.7 Å². The zero-order valence-corrected chi connectivity index (χ0v) is 17.0. The fourth-order valence-corrected chi connectivity index (χ4v) is 5.45. The van der Waals surface area contributed by atoms with E-state index in [2.05, 4.69) is 45.9 Å². The van der Waals surface area contributed by atoms with Gasteiger partial charge in [0.15, 0.2) is 5.79 Å². The van der Waals surface area contributed by atoms with Crippen molar-refractivity contribution in [2.45, 2.75) is 51.7 Å². The van der Waals surface area contributed by atoms with Crippen molar-refractivity contribution >= 4 is 5.91 Å². The van der Waals surface area contributed by atoms with Crippen LogP contribution in [0.4, 0.5) is 0 Å². The molecule has 2 heterocycles. The van der Waals surface area contributed by atoms with Crippen LogP contribution < -0.4 is 0 Å². The summed E-state index contributed by atoms with van der Waals surface area (Å²) >= 11 is 0. The summed E-state index contributed by atoms with van der Waals surface area (Å²) in [5.41, 5.74) is 1.28. The van der Waals surface area contributed by atoms with E-state index < -0.39 is 11.2 Å². The number of amides is 1. The molecule has 27 heavy (non-hydrogen) atoms. The highest BCUT2D eigenvalue weighted by atomic mass is 16.7. The molecule has 4 nitrogen and oxygen atoms in total. The fourth-order valence-electron chi connectivity index (χ4n) is 5.45. The number of carbonyl (C=O) groups excluding carboxylic acids is 1. The molecule has 1 unspecified atom stereocenters. The van der Waals surface area contributed by atoms with Gasteiger partial charge >= 0.3 is 0 Å². The van der Waals surface area contributed by atoms with Gasteiger partial charge in [0, 0.05) is 24.9 Å². The standard InChI is InChI=1S/C23H31NO3/c1-17(2)16-24-13-10-19-21(3,4)23(26-14-15-27-23)12-11-22(19,20(24)25)18-8-6-5-7-9-18/h5-10,17H,11-16H2,1-4H3. The second-order valence-corrected chi connectivity index (χ2v) is 9.07. The lowest BCUT2D eigenvalue weighted by Gasteiger charge is -2.57. The molecule has 1 spiro atoms. The van der Waals surface area contributed by atoms with Gasteiger partial charge in [0.1, 0.15) is 0 Å². The third-order valence-corrected chi connectivity index (χ3v) is 6.69. The minimum Gasteiger partial charge on any atom is -0.347 e. The minimum absolute atomic E-state index is 0.237. The third kappa shape index (κ3) is 2.60. The molecule has 0 bridgehead atoms. The van der Waals surface area contributed by atoms with Crippen LogP contribution >= 0.6 is 0 Å². The van der Waals surface area contributed by atoms with Gasteiger partial charge in [-0.15, -0.1) is 0 Å². The number of hydrogen-bond acceptors (Lipinski definition) is 3. The Balaban J connectivity index is 1.86. The number of fused-ring (bicyclic) bond motifs is 1. The summed E-state index contributed by atoms with van der Waals surface area (Å²) in [6.07, 6.45) is 3.73. The van der Waals surface area contributed by atoms with E-state index in [1.165, 1.54) is 5.57 Å². The van der Waals surface area contributed by atoms with Gasteiger partial charge in [-0.25, -0.2) is 0 Å². The molecule has 1 aromatic rings. The Morgan fingerprint density at radius 2 is 1.74 bits per heavy atom. The largest absolute Gasteiger partial charge is 0.347 e. The Kier molecular flexibility index (Phi) is 4.47. The second kappa shape index (κ2) is 6.46. The van der Waals surface area contributed by atoms with Gasteiger partial charge in [0.25, 0.3) is 0 Å². The van der Waals surface area contributed by atoms with E-state index in [9.17, 15) is 4.79 Å². The molecule has 0 radical (unpaired) electrons. The molecule has 0 N–H and O–H groups in total. The van der Waals surface area contributed by atoms with Crippen LogP contribution in [0.15, 0.2) is 42.0 Å². The lowest BCUT2D eigenvalue weighted by Crippen LogP contribution is -2.63. The highest BCUT2D eigenvalue weighted by Gasteiger charge is 2.64. The van der Waals surface area contributed by atoms with Crippen LogP contribution in [-0.4, -0.2) is 42.9 Å². The predicted octanol–water partition coefficient (Wildman–Crippen LogP) is 3.91. The van der Waals surface area contributed by atoms with Crippen molar-refractivity contribution < 1.29 is 14.3 Å². The summed E-state index contributed by atoms with van der Waals surface area (Å²) in [4.78, 5) is 15.9. The molecule has 4 rings (SSSR count). The third-order valence-electron chi connectivity index (χ3n) is 6.69. The summed E-state index contributed by atoms with van der Waals surface area (Å²) in [5, 5.41) is 0. The molecule has 1 saturated heterocycles. The van der Waals surface area contributed by atoms with Crippen LogP contribution in [0.3, 0.4) is 0 Å². The fraction of sp³-hybridized carbons (Fsp3) is 0.609. The molecule has 2 fully saturated rings. The normalized spacial score (nSPS) is 29.1. The molecule has 4 heteroatoms. The van der Waals surface area contributed by atoms with Crippen LogP contribution in [0, 0.1) is 11.3 Å². The number of carbonyl (C=O) groups is 1. The first-order valence-electron chi connectivity index (χ1n) is 10.2. The van der Waals surface area contributed by atoms with E-state index in [4.69, 9.17) is 9.47 Å². The maximum absolute atomic E-state index is 13.9. The molecular weight excluding hydrogens is 338 g/mol. The molecule has 146 valence electrons. The van der Waals surface area contributed by atoms with Crippen LogP contribution in [0.25, 0.3) is 0 Å². The quantitative estimate of drug-likeness (QED) is 0.758. The highest BCUT2D eigenvalue weighted by molar-refractivity contribution is 5.94.